The summed E-state index contributed by atoms with van der Waals surface area (Å²) in [4.78, 5) is 13.5. The second-order valence-electron chi connectivity index (χ2n) is 3.41. The Labute approximate surface area is 106 Å². The number of para-hydroxylation sites is 1. The van der Waals surface area contributed by atoms with Crippen molar-refractivity contribution in [3.8, 4) is 10.6 Å². The summed E-state index contributed by atoms with van der Waals surface area (Å²) in [7, 11) is 0. The number of thiazole rings is 1. The third-order valence-electron chi connectivity index (χ3n) is 2.33. The van der Waals surface area contributed by atoms with Crippen molar-refractivity contribution in [2.75, 3.05) is 5.73 Å². The summed E-state index contributed by atoms with van der Waals surface area (Å²) in [5, 5.41) is 1.31. The van der Waals surface area contributed by atoms with Gasteiger partial charge in [0.05, 0.1) is 10.7 Å². The molecule has 1 aromatic carbocycles. The number of hydrogen-bond donors (Lipinski definition) is 1. The van der Waals surface area contributed by atoms with E-state index in [1.165, 1.54) is 11.3 Å². The lowest BCUT2D eigenvalue weighted by atomic mass is 10.2. The molecule has 0 bridgehead atoms. The molecule has 0 radical (unpaired) electrons. The van der Waals surface area contributed by atoms with Crippen molar-refractivity contribution in [2.45, 2.75) is 0 Å². The Hall–Kier alpha value is -1.72. The average Bonchev–Trinajstić information content (AvgIpc) is 2.76. The number of anilines is 1. The molecular formula is C11H7ClN4S. The second-order valence-corrected chi connectivity index (χ2v) is 4.79. The number of fused-ring (bicyclic) bond motifs is 1. The molecule has 0 fully saturated rings. The predicted molar refractivity (Wildman–Crippen MR) is 70.1 cm³/mol. The van der Waals surface area contributed by atoms with Crippen LogP contribution in [0.3, 0.4) is 0 Å². The molecule has 84 valence electrons. The highest BCUT2D eigenvalue weighted by Gasteiger charge is 2.11. The molecule has 0 aliphatic heterocycles. The molecule has 3 aromatic rings. The minimum absolute atomic E-state index is 0.530. The van der Waals surface area contributed by atoms with Crippen LogP contribution < -0.4 is 5.73 Å². The van der Waals surface area contributed by atoms with Gasteiger partial charge in [0.1, 0.15) is 5.01 Å². The third kappa shape index (κ3) is 1.73. The zero-order valence-electron chi connectivity index (χ0n) is 8.59. The fraction of sp³-hybridized carbons (Fsp3) is 0. The molecule has 0 amide bonds. The van der Waals surface area contributed by atoms with E-state index in [0.717, 1.165) is 15.4 Å². The molecule has 2 N–H and O–H groups in total. The van der Waals surface area contributed by atoms with Gasteiger partial charge in [-0.25, -0.2) is 15.0 Å². The topological polar surface area (TPSA) is 64.7 Å². The Morgan fingerprint density at radius 3 is 2.82 bits per heavy atom. The van der Waals surface area contributed by atoms with Crippen LogP contribution in [0.25, 0.3) is 21.0 Å². The standard InChI is InChI=1S/C11H7ClN4S/c12-7-3-1-2-6(8(7)13)10-16-9-11(17-10)15-5-4-14-9/h1-5H,13H2. The van der Waals surface area contributed by atoms with Crippen LogP contribution >= 0.6 is 22.9 Å². The number of hydrogen-bond acceptors (Lipinski definition) is 5. The van der Waals surface area contributed by atoms with Crippen LogP contribution in [-0.2, 0) is 0 Å². The van der Waals surface area contributed by atoms with Crippen molar-refractivity contribution < 1.29 is 0 Å². The van der Waals surface area contributed by atoms with Gasteiger partial charge in [-0.3, -0.25) is 0 Å². The minimum Gasteiger partial charge on any atom is -0.397 e. The molecule has 0 aliphatic rings. The summed E-state index contributed by atoms with van der Waals surface area (Å²) in [5.41, 5.74) is 7.92. The monoisotopic (exact) mass is 262 g/mol. The molecular weight excluding hydrogens is 256 g/mol. The first-order valence-corrected chi connectivity index (χ1v) is 6.07. The van der Waals surface area contributed by atoms with Crippen molar-refractivity contribution >= 4 is 39.1 Å². The zero-order chi connectivity index (χ0) is 11.8. The normalized spacial score (nSPS) is 10.9. The van der Waals surface area contributed by atoms with Crippen LogP contribution in [0.15, 0.2) is 30.6 Å². The van der Waals surface area contributed by atoms with Gasteiger partial charge < -0.3 is 5.73 Å². The fourth-order valence-electron chi connectivity index (χ4n) is 1.52. The number of rotatable bonds is 1. The highest BCUT2D eigenvalue weighted by atomic mass is 35.5. The van der Waals surface area contributed by atoms with Crippen LogP contribution in [-0.4, -0.2) is 15.0 Å². The van der Waals surface area contributed by atoms with Gasteiger partial charge in [0.15, 0.2) is 10.5 Å². The lowest BCUT2D eigenvalue weighted by molar-refractivity contribution is 1.26. The highest BCUT2D eigenvalue weighted by Crippen LogP contribution is 2.34. The summed E-state index contributed by atoms with van der Waals surface area (Å²) >= 11 is 7.43. The molecule has 0 aliphatic carbocycles. The third-order valence-corrected chi connectivity index (χ3v) is 3.65. The molecule has 0 atom stereocenters. The van der Waals surface area contributed by atoms with Crippen LogP contribution in [0.2, 0.25) is 5.02 Å². The molecule has 2 heterocycles. The van der Waals surface area contributed by atoms with Crippen molar-refractivity contribution in [1.82, 2.24) is 15.0 Å². The highest BCUT2D eigenvalue weighted by molar-refractivity contribution is 7.21. The maximum absolute atomic E-state index is 5.98. The molecule has 0 saturated carbocycles. The first-order chi connectivity index (χ1) is 8.25. The SMILES string of the molecule is Nc1c(Cl)cccc1-c1nc2nccnc2s1. The number of nitrogen functional groups attached to an aromatic ring is 1. The van der Waals surface area contributed by atoms with Crippen molar-refractivity contribution in [3.63, 3.8) is 0 Å². The molecule has 2 aromatic heterocycles. The first kappa shape index (κ1) is 10.4. The summed E-state index contributed by atoms with van der Waals surface area (Å²) in [6.45, 7) is 0. The summed E-state index contributed by atoms with van der Waals surface area (Å²) in [6.07, 6.45) is 3.26. The van der Waals surface area contributed by atoms with Gasteiger partial charge in [-0.15, -0.1) is 0 Å². The van der Waals surface area contributed by atoms with E-state index in [0.29, 0.717) is 16.4 Å². The maximum Gasteiger partial charge on any atom is 0.190 e. The molecule has 0 unspecified atom stereocenters. The van der Waals surface area contributed by atoms with Gasteiger partial charge >= 0.3 is 0 Å². The lowest BCUT2D eigenvalue weighted by Gasteiger charge is -2.02. The largest absolute Gasteiger partial charge is 0.397 e. The quantitative estimate of drug-likeness (QED) is 0.685. The molecule has 0 saturated heterocycles. The van der Waals surface area contributed by atoms with Gasteiger partial charge in [0.25, 0.3) is 0 Å². The van der Waals surface area contributed by atoms with Gasteiger partial charge in [-0.2, -0.15) is 0 Å². The Morgan fingerprint density at radius 1 is 1.18 bits per heavy atom. The summed E-state index contributed by atoms with van der Waals surface area (Å²) in [6, 6.07) is 5.49. The number of nitrogens with zero attached hydrogens (tertiary/aromatic N) is 3. The molecule has 17 heavy (non-hydrogen) atoms. The smallest absolute Gasteiger partial charge is 0.190 e. The van der Waals surface area contributed by atoms with E-state index in [1.54, 1.807) is 18.5 Å². The van der Waals surface area contributed by atoms with E-state index in [2.05, 4.69) is 15.0 Å². The van der Waals surface area contributed by atoms with E-state index in [4.69, 9.17) is 17.3 Å². The summed E-state index contributed by atoms with van der Waals surface area (Å²) in [5.74, 6) is 0. The Kier molecular flexibility index (Phi) is 2.42. The predicted octanol–water partition coefficient (Wildman–Crippen LogP) is 2.99. The maximum atomic E-state index is 5.98. The second kappa shape index (κ2) is 3.94. The molecule has 3 rings (SSSR count). The summed E-state index contributed by atoms with van der Waals surface area (Å²) < 4.78 is 0. The van der Waals surface area contributed by atoms with Gasteiger partial charge in [-0.1, -0.05) is 29.0 Å². The molecule has 6 heteroatoms. The Balaban J connectivity index is 2.24. The number of halogens is 1. The Morgan fingerprint density at radius 2 is 2.00 bits per heavy atom. The van der Waals surface area contributed by atoms with E-state index in [9.17, 15) is 0 Å². The van der Waals surface area contributed by atoms with E-state index in [1.807, 2.05) is 12.1 Å². The van der Waals surface area contributed by atoms with Crippen LogP contribution in [0, 0.1) is 0 Å². The fourth-order valence-corrected chi connectivity index (χ4v) is 2.60. The van der Waals surface area contributed by atoms with E-state index in [-0.39, 0.29) is 0 Å². The first-order valence-electron chi connectivity index (χ1n) is 4.87. The van der Waals surface area contributed by atoms with Crippen molar-refractivity contribution in [1.29, 1.82) is 0 Å². The van der Waals surface area contributed by atoms with Crippen molar-refractivity contribution in [3.05, 3.63) is 35.6 Å². The average molecular weight is 263 g/mol. The number of aromatic nitrogens is 3. The van der Waals surface area contributed by atoms with Crippen LogP contribution in [0.4, 0.5) is 5.69 Å². The number of benzene rings is 1. The van der Waals surface area contributed by atoms with Gasteiger partial charge in [0.2, 0.25) is 0 Å². The van der Waals surface area contributed by atoms with Gasteiger partial charge in [0, 0.05) is 18.0 Å². The van der Waals surface area contributed by atoms with Crippen LogP contribution in [0.1, 0.15) is 0 Å². The lowest BCUT2D eigenvalue weighted by Crippen LogP contribution is -1.90. The number of nitrogens with two attached hydrogens (primary N) is 1. The van der Waals surface area contributed by atoms with Gasteiger partial charge in [-0.05, 0) is 12.1 Å². The van der Waals surface area contributed by atoms with Crippen molar-refractivity contribution in [2.24, 2.45) is 0 Å². The minimum atomic E-state index is 0.530. The van der Waals surface area contributed by atoms with E-state index < -0.39 is 0 Å². The Bertz CT molecular complexity index is 662. The van der Waals surface area contributed by atoms with E-state index >= 15 is 0 Å². The van der Waals surface area contributed by atoms with Crippen LogP contribution in [0.5, 0.6) is 0 Å². The molecule has 0 spiro atoms. The molecule has 4 nitrogen and oxygen atoms in total. The zero-order valence-corrected chi connectivity index (χ0v) is 10.2.